The van der Waals surface area contributed by atoms with E-state index in [4.69, 9.17) is 0 Å². The molecule has 0 atom stereocenters. The highest BCUT2D eigenvalue weighted by atomic mass is 32.1. The van der Waals surface area contributed by atoms with Gasteiger partial charge in [-0.15, -0.1) is 11.3 Å². The summed E-state index contributed by atoms with van der Waals surface area (Å²) in [5.41, 5.74) is 2.58. The average molecular weight is 324 g/mol. The normalized spacial score (nSPS) is 10.7. The van der Waals surface area contributed by atoms with Crippen LogP contribution in [0.15, 0.2) is 55.1 Å². The van der Waals surface area contributed by atoms with E-state index in [2.05, 4.69) is 14.4 Å². The first-order valence-corrected chi connectivity index (χ1v) is 8.25. The highest BCUT2D eigenvalue weighted by molar-refractivity contribution is 7.16. The van der Waals surface area contributed by atoms with Crippen LogP contribution in [-0.4, -0.2) is 7.85 Å². The van der Waals surface area contributed by atoms with Gasteiger partial charge in [0.15, 0.2) is 0 Å². The van der Waals surface area contributed by atoms with Crippen molar-refractivity contribution in [2.75, 3.05) is 0 Å². The monoisotopic (exact) mass is 324 g/mol. The van der Waals surface area contributed by atoms with E-state index in [0.717, 1.165) is 16.8 Å². The molecule has 0 aliphatic heterocycles. The highest BCUT2D eigenvalue weighted by Crippen LogP contribution is 2.35. The van der Waals surface area contributed by atoms with E-state index in [0.29, 0.717) is 10.4 Å². The standard InChI is InChI=1S/C19H15BF2S/c1-2-15-7-8-18(23-15)19-16(21)9-14(10-17(19)22)13-5-3-12(11-20)4-6-13/h2-10H,1,11,20H2. The molecule has 0 saturated heterocycles. The third-order valence-electron chi connectivity index (χ3n) is 3.81. The number of rotatable bonds is 4. The van der Waals surface area contributed by atoms with Gasteiger partial charge < -0.3 is 0 Å². The molecule has 0 aliphatic carbocycles. The van der Waals surface area contributed by atoms with Crippen molar-refractivity contribution in [2.24, 2.45) is 0 Å². The minimum absolute atomic E-state index is 0.0250. The van der Waals surface area contributed by atoms with E-state index < -0.39 is 11.6 Å². The van der Waals surface area contributed by atoms with Crippen molar-refractivity contribution in [1.82, 2.24) is 0 Å². The number of hydrogen-bond acceptors (Lipinski definition) is 1. The molecule has 1 aromatic heterocycles. The van der Waals surface area contributed by atoms with Crippen LogP contribution in [0.5, 0.6) is 0 Å². The van der Waals surface area contributed by atoms with Gasteiger partial charge in [0.25, 0.3) is 0 Å². The second-order valence-electron chi connectivity index (χ2n) is 5.27. The molecule has 23 heavy (non-hydrogen) atoms. The summed E-state index contributed by atoms with van der Waals surface area (Å²) in [5, 5.41) is 0. The van der Waals surface area contributed by atoms with Gasteiger partial charge in [-0.3, -0.25) is 0 Å². The molecule has 0 saturated carbocycles. The van der Waals surface area contributed by atoms with Gasteiger partial charge >= 0.3 is 0 Å². The first-order valence-electron chi connectivity index (χ1n) is 7.43. The van der Waals surface area contributed by atoms with E-state index in [9.17, 15) is 8.78 Å². The third-order valence-corrected chi connectivity index (χ3v) is 4.91. The molecule has 0 unspecified atom stereocenters. The zero-order valence-electron chi connectivity index (χ0n) is 12.8. The lowest BCUT2D eigenvalue weighted by molar-refractivity contribution is 0.591. The quantitative estimate of drug-likeness (QED) is 0.583. The van der Waals surface area contributed by atoms with E-state index >= 15 is 0 Å². The molecule has 0 radical (unpaired) electrons. The summed E-state index contributed by atoms with van der Waals surface area (Å²) in [6.07, 6.45) is 2.61. The Morgan fingerprint density at radius 2 is 1.61 bits per heavy atom. The van der Waals surface area contributed by atoms with Crippen molar-refractivity contribution in [2.45, 2.75) is 6.32 Å². The summed E-state index contributed by atoms with van der Waals surface area (Å²) in [6.45, 7) is 3.67. The number of thiophene rings is 1. The van der Waals surface area contributed by atoms with E-state index in [1.165, 1.54) is 29.0 Å². The van der Waals surface area contributed by atoms with Crippen LogP contribution in [0.1, 0.15) is 10.4 Å². The third kappa shape index (κ3) is 3.13. The van der Waals surface area contributed by atoms with E-state index in [1.54, 1.807) is 12.1 Å². The predicted molar refractivity (Wildman–Crippen MR) is 97.4 cm³/mol. The molecule has 1 heterocycles. The molecule has 0 fully saturated rings. The van der Waals surface area contributed by atoms with Crippen molar-refractivity contribution in [1.29, 1.82) is 0 Å². The van der Waals surface area contributed by atoms with Crippen molar-refractivity contribution in [3.63, 3.8) is 0 Å². The molecule has 114 valence electrons. The summed E-state index contributed by atoms with van der Waals surface area (Å²) in [5.74, 6) is -1.09. The van der Waals surface area contributed by atoms with Crippen LogP contribution < -0.4 is 0 Å². The lowest BCUT2D eigenvalue weighted by Crippen LogP contribution is -1.91. The van der Waals surface area contributed by atoms with Gasteiger partial charge in [0.1, 0.15) is 19.5 Å². The van der Waals surface area contributed by atoms with Crippen LogP contribution in [0, 0.1) is 11.6 Å². The van der Waals surface area contributed by atoms with Gasteiger partial charge in [-0.05, 0) is 35.4 Å². The average Bonchev–Trinajstić information content (AvgIpc) is 3.03. The Morgan fingerprint density at radius 3 is 2.13 bits per heavy atom. The largest absolute Gasteiger partial charge is 0.206 e. The first-order chi connectivity index (χ1) is 11.1. The molecule has 4 heteroatoms. The van der Waals surface area contributed by atoms with Crippen LogP contribution in [0.25, 0.3) is 27.6 Å². The zero-order valence-corrected chi connectivity index (χ0v) is 13.6. The SMILES string of the molecule is BCc1ccc(-c2cc(F)c(-c3ccc(C=C)s3)c(F)c2)cc1. The Labute approximate surface area is 139 Å². The first kappa shape index (κ1) is 15.7. The van der Waals surface area contributed by atoms with Gasteiger partial charge in [0.2, 0.25) is 0 Å². The lowest BCUT2D eigenvalue weighted by Gasteiger charge is -2.08. The van der Waals surface area contributed by atoms with Crippen LogP contribution in [0.2, 0.25) is 0 Å². The smallest absolute Gasteiger partial charge is 0.135 e. The Morgan fingerprint density at radius 1 is 0.957 bits per heavy atom. The molecule has 0 nitrogen and oxygen atoms in total. The van der Waals surface area contributed by atoms with Crippen LogP contribution in [-0.2, 0) is 6.32 Å². The van der Waals surface area contributed by atoms with E-state index in [1.807, 2.05) is 30.3 Å². The molecule has 0 amide bonds. The summed E-state index contributed by atoms with van der Waals surface area (Å²) < 4.78 is 29.0. The Bertz CT molecular complexity index is 827. The van der Waals surface area contributed by atoms with Crippen LogP contribution >= 0.6 is 11.3 Å². The molecular weight excluding hydrogens is 309 g/mol. The Kier molecular flexibility index (Phi) is 4.44. The van der Waals surface area contributed by atoms with Crippen molar-refractivity contribution in [3.8, 4) is 21.6 Å². The Balaban J connectivity index is 2.04. The molecule has 0 aliphatic rings. The molecular formula is C19H15BF2S. The minimum Gasteiger partial charge on any atom is -0.206 e. The number of benzene rings is 2. The summed E-state index contributed by atoms with van der Waals surface area (Å²) in [6, 6.07) is 14.1. The molecule has 2 aromatic carbocycles. The Hall–Kier alpha value is -2.20. The van der Waals surface area contributed by atoms with Crippen molar-refractivity contribution >= 4 is 25.3 Å². The summed E-state index contributed by atoms with van der Waals surface area (Å²) >= 11 is 1.32. The van der Waals surface area contributed by atoms with Gasteiger partial charge in [-0.1, -0.05) is 48.8 Å². The van der Waals surface area contributed by atoms with Gasteiger partial charge in [-0.25, -0.2) is 8.78 Å². The molecule has 3 rings (SSSR count). The summed E-state index contributed by atoms with van der Waals surface area (Å²) in [7, 11) is 2.07. The maximum atomic E-state index is 14.5. The maximum Gasteiger partial charge on any atom is 0.135 e. The number of halogens is 2. The fourth-order valence-corrected chi connectivity index (χ4v) is 3.41. The second-order valence-corrected chi connectivity index (χ2v) is 6.39. The molecule has 3 aromatic rings. The topological polar surface area (TPSA) is 0 Å². The summed E-state index contributed by atoms with van der Waals surface area (Å²) in [4.78, 5) is 1.46. The lowest BCUT2D eigenvalue weighted by atomic mass is 9.94. The fraction of sp³-hybridized carbons (Fsp3) is 0.0526. The predicted octanol–water partition coefficient (Wildman–Crippen LogP) is 5.14. The van der Waals surface area contributed by atoms with Gasteiger partial charge in [-0.2, -0.15) is 0 Å². The molecule has 0 spiro atoms. The zero-order chi connectivity index (χ0) is 16.4. The van der Waals surface area contributed by atoms with Crippen molar-refractivity contribution < 1.29 is 8.78 Å². The molecule has 0 N–H and O–H groups in total. The fourth-order valence-electron chi connectivity index (χ4n) is 2.50. The van der Waals surface area contributed by atoms with E-state index in [-0.39, 0.29) is 5.56 Å². The van der Waals surface area contributed by atoms with Crippen molar-refractivity contribution in [3.05, 3.63) is 77.2 Å². The number of hydrogen-bond donors (Lipinski definition) is 0. The minimum atomic E-state index is -0.544. The highest BCUT2D eigenvalue weighted by Gasteiger charge is 2.15. The maximum absolute atomic E-state index is 14.5. The van der Waals surface area contributed by atoms with Gasteiger partial charge in [0.05, 0.1) is 5.56 Å². The van der Waals surface area contributed by atoms with Crippen LogP contribution in [0.3, 0.4) is 0 Å². The second kappa shape index (κ2) is 6.51. The van der Waals surface area contributed by atoms with Gasteiger partial charge in [0, 0.05) is 9.75 Å². The molecule has 0 bridgehead atoms. The van der Waals surface area contributed by atoms with Crippen LogP contribution in [0.4, 0.5) is 8.78 Å².